The summed E-state index contributed by atoms with van der Waals surface area (Å²) < 4.78 is 0. The van der Waals surface area contributed by atoms with Crippen LogP contribution in [0.1, 0.15) is 0 Å². The molecule has 0 aromatic carbocycles. The summed E-state index contributed by atoms with van der Waals surface area (Å²) in [6.45, 7) is 2.58. The molecule has 3 heteroatoms. The van der Waals surface area contributed by atoms with Crippen molar-refractivity contribution in [3.63, 3.8) is 0 Å². The Morgan fingerprint density at radius 1 is 1.29 bits per heavy atom. The van der Waals surface area contributed by atoms with Gasteiger partial charge in [0.05, 0.1) is 6.04 Å². The smallest absolute Gasteiger partial charge is 0.0748 e. The number of allylic oxidation sites excluding steroid dienone is 2. The molecule has 0 aromatic rings. The molecule has 1 aliphatic heterocycles. The molecule has 2 rings (SSSR count). The maximum Gasteiger partial charge on any atom is 0.0748 e. The van der Waals surface area contributed by atoms with Crippen molar-refractivity contribution >= 4 is 6.21 Å². The monoisotopic (exact) mass is 191 g/mol. The summed E-state index contributed by atoms with van der Waals surface area (Å²) in [5.74, 6) is 1.10. The van der Waals surface area contributed by atoms with Crippen LogP contribution in [0.2, 0.25) is 0 Å². The molecular weight excluding hydrogens is 174 g/mol. The lowest BCUT2D eigenvalue weighted by atomic mass is 9.87. The van der Waals surface area contributed by atoms with Gasteiger partial charge in [-0.2, -0.15) is 0 Å². The Morgan fingerprint density at radius 2 is 2.14 bits per heavy atom. The van der Waals surface area contributed by atoms with Crippen LogP contribution in [0, 0.1) is 11.8 Å². The molecule has 3 atom stereocenters. The number of nitrogens with zero attached hydrogens (tertiary/aromatic N) is 1. The van der Waals surface area contributed by atoms with Gasteiger partial charge >= 0.3 is 0 Å². The Balaban J connectivity index is 1.86. The van der Waals surface area contributed by atoms with E-state index in [0.29, 0.717) is 24.4 Å². The van der Waals surface area contributed by atoms with Crippen LogP contribution in [-0.4, -0.2) is 31.9 Å². The van der Waals surface area contributed by atoms with Crippen LogP contribution in [0.15, 0.2) is 29.3 Å². The summed E-state index contributed by atoms with van der Waals surface area (Å²) in [6, 6.07) is 0.379. The van der Waals surface area contributed by atoms with Crippen LogP contribution in [0.4, 0.5) is 0 Å². The lowest BCUT2D eigenvalue weighted by Crippen LogP contribution is -2.32. The minimum Gasteiger partial charge on any atom is -0.329 e. The molecule has 0 saturated carbocycles. The quantitative estimate of drug-likeness (QED) is 0.630. The van der Waals surface area contributed by atoms with Crippen molar-refractivity contribution in [2.45, 2.75) is 6.04 Å². The van der Waals surface area contributed by atoms with Gasteiger partial charge < -0.3 is 11.1 Å². The number of fused-ring (bicyclic) bond motifs is 1. The van der Waals surface area contributed by atoms with E-state index in [4.69, 9.17) is 5.73 Å². The molecule has 14 heavy (non-hydrogen) atoms. The number of aliphatic imine (C=N–C) groups is 1. The summed E-state index contributed by atoms with van der Waals surface area (Å²) in [5, 5.41) is 3.34. The Kier molecular flexibility index (Phi) is 3.11. The molecule has 3 N–H and O–H groups in total. The number of hydrogen-bond donors (Lipinski definition) is 2. The van der Waals surface area contributed by atoms with Gasteiger partial charge in [-0.25, -0.2) is 0 Å². The molecule has 0 saturated heterocycles. The van der Waals surface area contributed by atoms with Gasteiger partial charge in [-0.1, -0.05) is 24.3 Å². The third-order valence-corrected chi connectivity index (χ3v) is 2.79. The molecule has 0 fully saturated rings. The molecule has 1 aliphatic carbocycles. The average molecular weight is 191 g/mol. The molecule has 3 unspecified atom stereocenters. The highest BCUT2D eigenvalue weighted by Crippen LogP contribution is 2.27. The molecule has 0 bridgehead atoms. The summed E-state index contributed by atoms with van der Waals surface area (Å²) in [4.78, 5) is 4.48. The molecule has 76 valence electrons. The lowest BCUT2D eigenvalue weighted by molar-refractivity contribution is 0.470. The highest BCUT2D eigenvalue weighted by atomic mass is 14.9. The number of nitrogens with one attached hydrogen (secondary N) is 1. The first-order valence-electron chi connectivity index (χ1n) is 5.21. The van der Waals surface area contributed by atoms with Gasteiger partial charge in [-0.05, 0) is 0 Å². The topological polar surface area (TPSA) is 50.4 Å². The van der Waals surface area contributed by atoms with Crippen LogP contribution >= 0.6 is 0 Å². The molecule has 3 nitrogen and oxygen atoms in total. The van der Waals surface area contributed by atoms with Gasteiger partial charge in [0.15, 0.2) is 0 Å². The molecular formula is C11H17N3. The minimum absolute atomic E-state index is 0.379. The average Bonchev–Trinajstić information content (AvgIpc) is 2.63. The first kappa shape index (κ1) is 9.62. The molecule has 0 radical (unpaired) electrons. The first-order valence-corrected chi connectivity index (χ1v) is 5.21. The highest BCUT2D eigenvalue weighted by molar-refractivity contribution is 5.66. The Hall–Kier alpha value is -0.930. The van der Waals surface area contributed by atoms with Crippen LogP contribution < -0.4 is 11.1 Å². The predicted octanol–water partition coefficient (Wildman–Crippen LogP) is 0.346. The Morgan fingerprint density at radius 3 is 3.00 bits per heavy atom. The van der Waals surface area contributed by atoms with E-state index in [1.54, 1.807) is 0 Å². The van der Waals surface area contributed by atoms with Crippen molar-refractivity contribution in [3.8, 4) is 0 Å². The fourth-order valence-corrected chi connectivity index (χ4v) is 2.03. The standard InChI is InChI=1S/C11H17N3/c12-5-6-13-7-9-8-14-11-4-2-1-3-10(9)11/h1-4,8-11,13H,5-7,12H2. The molecule has 0 spiro atoms. The zero-order chi connectivity index (χ0) is 9.80. The number of hydrogen-bond acceptors (Lipinski definition) is 3. The van der Waals surface area contributed by atoms with Gasteiger partial charge in [0.25, 0.3) is 0 Å². The van der Waals surface area contributed by atoms with E-state index in [1.807, 2.05) is 0 Å². The minimum atomic E-state index is 0.379. The van der Waals surface area contributed by atoms with Crippen LogP contribution in [0.5, 0.6) is 0 Å². The Bertz CT molecular complexity index is 268. The van der Waals surface area contributed by atoms with E-state index < -0.39 is 0 Å². The van der Waals surface area contributed by atoms with E-state index in [0.717, 1.165) is 13.1 Å². The predicted molar refractivity (Wildman–Crippen MR) is 59.5 cm³/mol. The zero-order valence-corrected chi connectivity index (χ0v) is 8.26. The maximum absolute atomic E-state index is 5.42. The highest BCUT2D eigenvalue weighted by Gasteiger charge is 2.29. The van der Waals surface area contributed by atoms with Crippen molar-refractivity contribution in [1.29, 1.82) is 0 Å². The van der Waals surface area contributed by atoms with Crippen LogP contribution in [-0.2, 0) is 0 Å². The first-order chi connectivity index (χ1) is 6.92. The van der Waals surface area contributed by atoms with Crippen molar-refractivity contribution in [2.24, 2.45) is 22.6 Å². The van der Waals surface area contributed by atoms with Gasteiger partial charge in [-0.15, -0.1) is 0 Å². The van der Waals surface area contributed by atoms with E-state index >= 15 is 0 Å². The van der Waals surface area contributed by atoms with Crippen molar-refractivity contribution in [3.05, 3.63) is 24.3 Å². The number of rotatable bonds is 4. The van der Waals surface area contributed by atoms with Gasteiger partial charge in [-0.3, -0.25) is 4.99 Å². The van der Waals surface area contributed by atoms with E-state index in [9.17, 15) is 0 Å². The molecule has 0 amide bonds. The second-order valence-corrected chi connectivity index (χ2v) is 3.79. The van der Waals surface area contributed by atoms with E-state index in [1.165, 1.54) is 0 Å². The van der Waals surface area contributed by atoms with Crippen LogP contribution in [0.3, 0.4) is 0 Å². The van der Waals surface area contributed by atoms with Crippen molar-refractivity contribution in [1.82, 2.24) is 5.32 Å². The largest absolute Gasteiger partial charge is 0.329 e. The molecule has 2 aliphatic rings. The summed E-state index contributed by atoms with van der Waals surface area (Å²) >= 11 is 0. The van der Waals surface area contributed by atoms with Crippen molar-refractivity contribution < 1.29 is 0 Å². The second-order valence-electron chi connectivity index (χ2n) is 3.79. The maximum atomic E-state index is 5.42. The third kappa shape index (κ3) is 1.94. The summed E-state index contributed by atoms with van der Waals surface area (Å²) in [6.07, 6.45) is 10.7. The number of nitrogens with two attached hydrogens (primary N) is 1. The van der Waals surface area contributed by atoms with Gasteiger partial charge in [0, 0.05) is 37.7 Å². The molecule has 1 heterocycles. The van der Waals surface area contributed by atoms with Gasteiger partial charge in [0.2, 0.25) is 0 Å². The Labute approximate surface area is 84.8 Å². The molecule has 0 aromatic heterocycles. The third-order valence-electron chi connectivity index (χ3n) is 2.79. The summed E-state index contributed by atoms with van der Waals surface area (Å²) in [5.41, 5.74) is 5.42. The fourth-order valence-electron chi connectivity index (χ4n) is 2.03. The summed E-state index contributed by atoms with van der Waals surface area (Å²) in [7, 11) is 0. The van der Waals surface area contributed by atoms with E-state index in [2.05, 4.69) is 40.8 Å². The second kappa shape index (κ2) is 4.53. The van der Waals surface area contributed by atoms with Crippen LogP contribution in [0.25, 0.3) is 0 Å². The van der Waals surface area contributed by atoms with Gasteiger partial charge in [0.1, 0.15) is 0 Å². The van der Waals surface area contributed by atoms with Crippen molar-refractivity contribution in [2.75, 3.05) is 19.6 Å². The lowest BCUT2D eigenvalue weighted by Gasteiger charge is -2.20. The zero-order valence-electron chi connectivity index (χ0n) is 8.26. The SMILES string of the molecule is NCCNCC1C=NC2C=CC=CC12. The fraction of sp³-hybridized carbons (Fsp3) is 0.545. The van der Waals surface area contributed by atoms with E-state index in [-0.39, 0.29) is 0 Å². The normalized spacial score (nSPS) is 33.6.